The highest BCUT2D eigenvalue weighted by molar-refractivity contribution is 5.93. The fraction of sp³-hybridized carbons (Fsp3) is 0.217. The molecule has 0 radical (unpaired) electrons. The van der Waals surface area contributed by atoms with Crippen LogP contribution >= 0.6 is 0 Å². The SMILES string of the molecule is C=CCOc1ccc([C@@H]2C(C#N)=C(n3cccc3)OC(C)=C2C(=O)OCC)cc1. The van der Waals surface area contributed by atoms with E-state index in [1.807, 2.05) is 24.3 Å². The minimum atomic E-state index is -0.612. The Hall–Kier alpha value is -3.72. The van der Waals surface area contributed by atoms with Crippen LogP contribution in [-0.2, 0) is 14.3 Å². The zero-order chi connectivity index (χ0) is 20.8. The molecule has 0 unspecified atom stereocenters. The number of carbonyl (C=O) groups is 1. The Bertz CT molecular complexity index is 992. The molecule has 0 saturated carbocycles. The molecule has 0 amide bonds. The number of esters is 1. The highest BCUT2D eigenvalue weighted by Gasteiger charge is 2.37. The number of benzene rings is 1. The van der Waals surface area contributed by atoms with E-state index in [1.54, 1.807) is 49.0 Å². The van der Waals surface area contributed by atoms with Gasteiger partial charge in [0.25, 0.3) is 0 Å². The zero-order valence-corrected chi connectivity index (χ0v) is 16.4. The van der Waals surface area contributed by atoms with Crippen LogP contribution in [0.25, 0.3) is 5.88 Å². The number of aromatic nitrogens is 1. The smallest absolute Gasteiger partial charge is 0.338 e. The molecule has 0 bridgehead atoms. The van der Waals surface area contributed by atoms with Crippen molar-refractivity contribution in [2.75, 3.05) is 13.2 Å². The summed E-state index contributed by atoms with van der Waals surface area (Å²) in [6.07, 6.45) is 5.24. The van der Waals surface area contributed by atoms with Gasteiger partial charge in [0.05, 0.1) is 18.1 Å². The van der Waals surface area contributed by atoms with E-state index in [9.17, 15) is 10.1 Å². The lowest BCUT2D eigenvalue weighted by molar-refractivity contribution is -0.139. The van der Waals surface area contributed by atoms with Crippen molar-refractivity contribution in [1.29, 1.82) is 5.26 Å². The Balaban J connectivity index is 2.11. The van der Waals surface area contributed by atoms with Crippen molar-refractivity contribution < 1.29 is 19.0 Å². The minimum absolute atomic E-state index is 0.229. The average Bonchev–Trinajstić information content (AvgIpc) is 3.26. The van der Waals surface area contributed by atoms with Crippen LogP contribution in [0.2, 0.25) is 0 Å². The molecule has 6 nitrogen and oxygen atoms in total. The molecule has 0 spiro atoms. The molecular formula is C23H22N2O4. The third-order valence-electron chi connectivity index (χ3n) is 4.47. The van der Waals surface area contributed by atoms with E-state index >= 15 is 0 Å². The molecule has 1 aromatic carbocycles. The lowest BCUT2D eigenvalue weighted by Gasteiger charge is -2.28. The topological polar surface area (TPSA) is 73.5 Å². The molecule has 1 aromatic heterocycles. The van der Waals surface area contributed by atoms with Crippen LogP contribution < -0.4 is 4.74 Å². The summed E-state index contributed by atoms with van der Waals surface area (Å²) < 4.78 is 18.4. The second-order valence-corrected chi connectivity index (χ2v) is 6.32. The lowest BCUT2D eigenvalue weighted by atomic mass is 9.83. The van der Waals surface area contributed by atoms with E-state index in [2.05, 4.69) is 12.6 Å². The Morgan fingerprint density at radius 1 is 1.31 bits per heavy atom. The average molecular weight is 390 g/mol. The maximum absolute atomic E-state index is 12.7. The predicted octanol–water partition coefficient (Wildman–Crippen LogP) is 4.40. The molecular weight excluding hydrogens is 368 g/mol. The van der Waals surface area contributed by atoms with Crippen LogP contribution in [0.15, 0.2) is 78.4 Å². The largest absolute Gasteiger partial charge is 0.490 e. The third-order valence-corrected chi connectivity index (χ3v) is 4.47. The van der Waals surface area contributed by atoms with E-state index in [4.69, 9.17) is 14.2 Å². The fourth-order valence-corrected chi connectivity index (χ4v) is 3.22. The predicted molar refractivity (Wildman–Crippen MR) is 109 cm³/mol. The van der Waals surface area contributed by atoms with E-state index < -0.39 is 11.9 Å². The highest BCUT2D eigenvalue weighted by atomic mass is 16.5. The number of nitrogens with zero attached hydrogens (tertiary/aromatic N) is 2. The number of carbonyl (C=O) groups excluding carboxylic acids is 1. The summed E-state index contributed by atoms with van der Waals surface area (Å²) >= 11 is 0. The molecule has 1 aliphatic heterocycles. The van der Waals surface area contributed by atoms with E-state index in [0.717, 1.165) is 5.56 Å². The van der Waals surface area contributed by atoms with Gasteiger partial charge in [-0.05, 0) is 43.7 Å². The quantitative estimate of drug-likeness (QED) is 0.518. The Morgan fingerprint density at radius 3 is 2.59 bits per heavy atom. The first-order chi connectivity index (χ1) is 14.1. The lowest BCUT2D eigenvalue weighted by Crippen LogP contribution is -2.24. The van der Waals surface area contributed by atoms with Crippen LogP contribution in [0.5, 0.6) is 5.75 Å². The molecule has 0 N–H and O–H groups in total. The van der Waals surface area contributed by atoms with Gasteiger partial charge in [-0.2, -0.15) is 5.26 Å². The van der Waals surface area contributed by atoms with Gasteiger partial charge < -0.3 is 14.2 Å². The summed E-state index contributed by atoms with van der Waals surface area (Å²) in [6.45, 7) is 7.70. The summed E-state index contributed by atoms with van der Waals surface area (Å²) in [5.41, 5.74) is 1.41. The number of hydrogen-bond acceptors (Lipinski definition) is 5. The Labute approximate surface area is 169 Å². The second-order valence-electron chi connectivity index (χ2n) is 6.32. The molecule has 0 fully saturated rings. The molecule has 148 valence electrons. The third kappa shape index (κ3) is 4.09. The van der Waals surface area contributed by atoms with E-state index in [1.165, 1.54) is 0 Å². The molecule has 6 heteroatoms. The van der Waals surface area contributed by atoms with Gasteiger partial charge in [-0.3, -0.25) is 4.57 Å². The van der Waals surface area contributed by atoms with Gasteiger partial charge in [0, 0.05) is 12.4 Å². The van der Waals surface area contributed by atoms with Crippen LogP contribution in [0.4, 0.5) is 0 Å². The first kappa shape index (κ1) is 20.0. The van der Waals surface area contributed by atoms with Crippen molar-refractivity contribution in [3.05, 3.63) is 83.9 Å². The van der Waals surface area contributed by atoms with Crippen molar-refractivity contribution in [2.24, 2.45) is 0 Å². The van der Waals surface area contributed by atoms with Crippen molar-refractivity contribution >= 4 is 11.9 Å². The standard InChI is InChI=1S/C23H22N2O4/c1-4-14-28-18-10-8-17(9-11-18)21-19(15-24)22(25-12-6-7-13-25)29-16(3)20(21)23(26)27-5-2/h4,6-13,21H,1,5,14H2,2-3H3/t21-/m1/s1. The minimum Gasteiger partial charge on any atom is -0.490 e. The Morgan fingerprint density at radius 2 is 2.00 bits per heavy atom. The summed E-state index contributed by atoms with van der Waals surface area (Å²) in [5.74, 6) is 0.343. The van der Waals surface area contributed by atoms with Crippen LogP contribution in [0, 0.1) is 11.3 Å². The fourth-order valence-electron chi connectivity index (χ4n) is 3.22. The van der Waals surface area contributed by atoms with Crippen LogP contribution in [-0.4, -0.2) is 23.8 Å². The molecule has 2 heterocycles. The van der Waals surface area contributed by atoms with Gasteiger partial charge in [-0.15, -0.1) is 0 Å². The first-order valence-corrected chi connectivity index (χ1v) is 9.27. The number of ether oxygens (including phenoxy) is 3. The first-order valence-electron chi connectivity index (χ1n) is 9.27. The normalized spacial score (nSPS) is 16.1. The summed E-state index contributed by atoms with van der Waals surface area (Å²) in [7, 11) is 0. The molecule has 2 aromatic rings. The molecule has 29 heavy (non-hydrogen) atoms. The number of nitriles is 1. The van der Waals surface area contributed by atoms with Crippen LogP contribution in [0.1, 0.15) is 25.3 Å². The van der Waals surface area contributed by atoms with Crippen molar-refractivity contribution in [3.8, 4) is 11.8 Å². The van der Waals surface area contributed by atoms with Gasteiger partial charge in [0.1, 0.15) is 29.8 Å². The van der Waals surface area contributed by atoms with Crippen molar-refractivity contribution in [3.63, 3.8) is 0 Å². The number of allylic oxidation sites excluding steroid dienone is 2. The van der Waals surface area contributed by atoms with Crippen molar-refractivity contribution in [1.82, 2.24) is 4.57 Å². The van der Waals surface area contributed by atoms with Gasteiger partial charge in [0.15, 0.2) is 0 Å². The molecule has 1 atom stereocenters. The van der Waals surface area contributed by atoms with Gasteiger partial charge in [-0.1, -0.05) is 24.8 Å². The van der Waals surface area contributed by atoms with Crippen LogP contribution in [0.3, 0.4) is 0 Å². The summed E-state index contributed by atoms with van der Waals surface area (Å²) in [6, 6.07) is 13.2. The number of rotatable bonds is 7. The molecule has 0 aliphatic carbocycles. The zero-order valence-electron chi connectivity index (χ0n) is 16.4. The maximum atomic E-state index is 12.7. The van der Waals surface area contributed by atoms with E-state index in [0.29, 0.717) is 35.1 Å². The van der Waals surface area contributed by atoms with E-state index in [-0.39, 0.29) is 6.61 Å². The summed E-state index contributed by atoms with van der Waals surface area (Å²) in [4.78, 5) is 12.7. The molecule has 3 rings (SSSR count). The molecule has 0 saturated heterocycles. The summed E-state index contributed by atoms with van der Waals surface area (Å²) in [5, 5.41) is 9.97. The van der Waals surface area contributed by atoms with Crippen molar-refractivity contribution in [2.45, 2.75) is 19.8 Å². The monoisotopic (exact) mass is 390 g/mol. The number of hydrogen-bond donors (Lipinski definition) is 0. The van der Waals surface area contributed by atoms with Gasteiger partial charge in [-0.25, -0.2) is 4.79 Å². The van der Waals surface area contributed by atoms with Gasteiger partial charge >= 0.3 is 5.97 Å². The molecule has 1 aliphatic rings. The van der Waals surface area contributed by atoms with Gasteiger partial charge in [0.2, 0.25) is 5.88 Å². The highest BCUT2D eigenvalue weighted by Crippen LogP contribution is 2.42. The maximum Gasteiger partial charge on any atom is 0.338 e. The Kier molecular flexibility index (Phi) is 6.20. The second kappa shape index (κ2) is 8.98.